The number of amides is 2. The molecule has 0 unspecified atom stereocenters. The summed E-state index contributed by atoms with van der Waals surface area (Å²) in [5, 5.41) is 9.58. The van der Waals surface area contributed by atoms with Gasteiger partial charge in [0.15, 0.2) is 0 Å². The van der Waals surface area contributed by atoms with Gasteiger partial charge in [-0.15, -0.1) is 0 Å². The number of benzene rings is 1. The molecule has 3 aromatic heterocycles. The van der Waals surface area contributed by atoms with Gasteiger partial charge in [0.05, 0.1) is 28.5 Å². The van der Waals surface area contributed by atoms with Gasteiger partial charge in [-0.05, 0) is 24.6 Å². The van der Waals surface area contributed by atoms with Crippen LogP contribution in [-0.2, 0) is 25.4 Å². The number of carbonyl (C=O) groups excluding carboxylic acids is 2. The average molecular weight is 639 g/mol. The first-order chi connectivity index (χ1) is 21.1. The molecule has 1 aliphatic heterocycles. The summed E-state index contributed by atoms with van der Waals surface area (Å²) in [6, 6.07) is 8.72. The number of carbonyl (C=O) groups is 2. The molecule has 5 rings (SSSR count). The number of anilines is 1. The fraction of sp³-hybridized carbons (Fsp3) is 0.267. The minimum atomic E-state index is -0.722. The highest BCUT2D eigenvalue weighted by molar-refractivity contribution is 6.36. The summed E-state index contributed by atoms with van der Waals surface area (Å²) in [7, 11) is 4.27. The van der Waals surface area contributed by atoms with Crippen LogP contribution in [0.5, 0.6) is 5.88 Å². The first-order valence-electron chi connectivity index (χ1n) is 13.6. The Balaban J connectivity index is 1.39. The number of pyridine rings is 2. The number of hydrogen-bond donors (Lipinski definition) is 3. The van der Waals surface area contributed by atoms with Gasteiger partial charge in [0.25, 0.3) is 11.5 Å². The van der Waals surface area contributed by atoms with Crippen molar-refractivity contribution in [2.45, 2.75) is 25.4 Å². The summed E-state index contributed by atoms with van der Waals surface area (Å²) < 4.78 is 7.57. The van der Waals surface area contributed by atoms with E-state index in [2.05, 4.69) is 25.9 Å². The van der Waals surface area contributed by atoms with E-state index in [0.29, 0.717) is 58.4 Å². The Kier molecular flexibility index (Phi) is 9.14. The van der Waals surface area contributed by atoms with E-state index in [0.717, 1.165) is 15.6 Å². The smallest absolute Gasteiger partial charge is 0.330 e. The molecule has 1 aliphatic rings. The topological polar surface area (TPSA) is 149 Å². The van der Waals surface area contributed by atoms with Gasteiger partial charge in [-0.25, -0.2) is 9.78 Å². The van der Waals surface area contributed by atoms with Crippen LogP contribution in [0.1, 0.15) is 28.8 Å². The number of halogens is 2. The molecule has 12 nitrogen and oxygen atoms in total. The number of hydrogen-bond acceptors (Lipinski definition) is 8. The highest BCUT2D eigenvalue weighted by Gasteiger charge is 2.21. The van der Waals surface area contributed by atoms with E-state index < -0.39 is 17.2 Å². The third-order valence-corrected chi connectivity index (χ3v) is 8.03. The summed E-state index contributed by atoms with van der Waals surface area (Å²) in [4.78, 5) is 58.0. The Bertz CT molecular complexity index is 1890. The molecule has 3 N–H and O–H groups in total. The van der Waals surface area contributed by atoms with Crippen LogP contribution < -0.4 is 31.9 Å². The molecular formula is C30H29Cl2N7O5. The minimum absolute atomic E-state index is 0.0560. The molecular weight excluding hydrogens is 609 g/mol. The molecule has 1 fully saturated rings. The molecule has 0 aliphatic carbocycles. The van der Waals surface area contributed by atoms with Crippen LogP contribution in [0.2, 0.25) is 10.0 Å². The molecule has 228 valence electrons. The number of aromatic nitrogens is 4. The van der Waals surface area contributed by atoms with Gasteiger partial charge < -0.3 is 25.3 Å². The molecule has 0 bridgehead atoms. The predicted molar refractivity (Wildman–Crippen MR) is 167 cm³/mol. The lowest BCUT2D eigenvalue weighted by Gasteiger charge is -2.15. The van der Waals surface area contributed by atoms with E-state index in [-0.39, 0.29) is 28.2 Å². The third-order valence-electron chi connectivity index (χ3n) is 7.29. The van der Waals surface area contributed by atoms with Crippen molar-refractivity contribution in [2.75, 3.05) is 19.0 Å². The van der Waals surface area contributed by atoms with Crippen molar-refractivity contribution in [3.63, 3.8) is 0 Å². The number of rotatable bonds is 9. The number of methoxy groups -OCH3 is 1. The van der Waals surface area contributed by atoms with Crippen molar-refractivity contribution < 1.29 is 14.3 Å². The van der Waals surface area contributed by atoms with Crippen LogP contribution in [0.3, 0.4) is 0 Å². The Labute approximate surface area is 262 Å². The molecule has 2 amide bonds. The molecule has 0 radical (unpaired) electrons. The van der Waals surface area contributed by atoms with Gasteiger partial charge in [-0.1, -0.05) is 35.3 Å². The normalized spacial score (nSPS) is 14.4. The zero-order valence-corrected chi connectivity index (χ0v) is 25.6. The van der Waals surface area contributed by atoms with E-state index >= 15 is 0 Å². The van der Waals surface area contributed by atoms with Crippen LogP contribution >= 0.6 is 23.2 Å². The van der Waals surface area contributed by atoms with E-state index in [1.165, 1.54) is 27.4 Å². The second kappa shape index (κ2) is 13.0. The maximum absolute atomic E-state index is 13.0. The molecule has 0 spiro atoms. The van der Waals surface area contributed by atoms with Gasteiger partial charge in [-0.3, -0.25) is 23.9 Å². The molecule has 14 heteroatoms. The summed E-state index contributed by atoms with van der Waals surface area (Å²) in [6.45, 7) is 1.00. The van der Waals surface area contributed by atoms with Gasteiger partial charge in [0, 0.05) is 80.5 Å². The first-order valence-corrected chi connectivity index (χ1v) is 14.4. The highest BCUT2D eigenvalue weighted by Crippen LogP contribution is 2.36. The largest absolute Gasteiger partial charge is 0.481 e. The maximum atomic E-state index is 13.0. The van der Waals surface area contributed by atoms with Gasteiger partial charge in [0.2, 0.25) is 11.8 Å². The summed E-state index contributed by atoms with van der Waals surface area (Å²) in [6.07, 6.45) is 5.76. The number of aryl methyl sites for hydroxylation is 1. The number of nitrogens with one attached hydrogen (secondary N) is 3. The first kappa shape index (κ1) is 30.9. The van der Waals surface area contributed by atoms with Crippen molar-refractivity contribution in [3.05, 3.63) is 90.9 Å². The lowest BCUT2D eigenvalue weighted by Crippen LogP contribution is -2.40. The molecule has 4 heterocycles. The summed E-state index contributed by atoms with van der Waals surface area (Å²) in [5.41, 5.74) is 1.87. The Morgan fingerprint density at radius 3 is 2.64 bits per heavy atom. The quantitative estimate of drug-likeness (QED) is 0.253. The second-order valence-corrected chi connectivity index (χ2v) is 11.1. The number of nitrogens with zero attached hydrogens (tertiary/aromatic N) is 4. The average Bonchev–Trinajstić information content (AvgIpc) is 3.44. The van der Waals surface area contributed by atoms with Crippen molar-refractivity contribution in [3.8, 4) is 28.3 Å². The van der Waals surface area contributed by atoms with E-state index in [4.69, 9.17) is 27.9 Å². The van der Waals surface area contributed by atoms with Gasteiger partial charge >= 0.3 is 5.69 Å². The fourth-order valence-corrected chi connectivity index (χ4v) is 5.46. The van der Waals surface area contributed by atoms with Crippen LogP contribution in [0.15, 0.2) is 58.5 Å². The Hall–Kier alpha value is -4.52. The molecule has 1 saturated heterocycles. The van der Waals surface area contributed by atoms with Gasteiger partial charge in [0.1, 0.15) is 5.56 Å². The van der Waals surface area contributed by atoms with E-state index in [1.807, 2.05) is 6.07 Å². The van der Waals surface area contributed by atoms with Crippen LogP contribution in [0.25, 0.3) is 22.4 Å². The molecule has 44 heavy (non-hydrogen) atoms. The second-order valence-electron chi connectivity index (χ2n) is 10.3. The van der Waals surface area contributed by atoms with Crippen LogP contribution in [-0.4, -0.2) is 50.6 Å². The van der Waals surface area contributed by atoms with Crippen LogP contribution in [0.4, 0.5) is 5.69 Å². The predicted octanol–water partition coefficient (Wildman–Crippen LogP) is 3.14. The molecule has 4 aromatic rings. The Morgan fingerprint density at radius 2 is 1.91 bits per heavy atom. The van der Waals surface area contributed by atoms with Gasteiger partial charge in [-0.2, -0.15) is 0 Å². The summed E-state index contributed by atoms with van der Waals surface area (Å²) in [5.74, 6) is -0.297. The highest BCUT2D eigenvalue weighted by atomic mass is 35.5. The Morgan fingerprint density at radius 1 is 1.14 bits per heavy atom. The minimum Gasteiger partial charge on any atom is -0.481 e. The van der Waals surface area contributed by atoms with Crippen molar-refractivity contribution >= 4 is 40.7 Å². The van der Waals surface area contributed by atoms with E-state index in [1.54, 1.807) is 36.7 Å². The van der Waals surface area contributed by atoms with Crippen molar-refractivity contribution in [1.82, 2.24) is 29.7 Å². The molecule has 1 atom stereocenters. The zero-order valence-electron chi connectivity index (χ0n) is 24.1. The lowest BCUT2D eigenvalue weighted by atomic mass is 10.0. The SMILES string of the molecule is COc1nc(-c2cncc(-c3cccc(NC(=O)c4cn(C)c(=O)n(C)c4=O)c3Cl)c2)cc(Cl)c1CNC[C@@H]1CCC(=O)N1. The monoisotopic (exact) mass is 637 g/mol. The fourth-order valence-electron chi connectivity index (χ4n) is 4.93. The maximum Gasteiger partial charge on any atom is 0.330 e. The lowest BCUT2D eigenvalue weighted by molar-refractivity contribution is -0.119. The van der Waals surface area contributed by atoms with Crippen molar-refractivity contribution in [1.29, 1.82) is 0 Å². The molecule has 1 aromatic carbocycles. The standard InChI is InChI=1S/C30H29Cl2N7O5/c1-38-15-21(29(42)39(2)30(38)43)27(41)36-23-6-4-5-19(26(23)32)16-9-17(12-33-11-16)24-10-22(31)20(28(37-24)44-3)14-34-13-18-7-8-25(40)35-18/h4-6,9-12,15,18,34H,7-8,13-14H2,1-3H3,(H,35,40)(H,36,41)/t18-/m0/s1. The number of ether oxygens (including phenoxy) is 1. The van der Waals surface area contributed by atoms with Crippen molar-refractivity contribution in [2.24, 2.45) is 14.1 Å². The third kappa shape index (κ3) is 6.37. The zero-order chi connectivity index (χ0) is 31.5. The van der Waals surface area contributed by atoms with E-state index in [9.17, 15) is 19.2 Å². The summed E-state index contributed by atoms with van der Waals surface area (Å²) >= 11 is 13.4. The molecule has 0 saturated carbocycles. The van der Waals surface area contributed by atoms with Crippen LogP contribution in [0, 0.1) is 0 Å².